The van der Waals surface area contributed by atoms with Crippen LogP contribution in [0.1, 0.15) is 32.6 Å². The van der Waals surface area contributed by atoms with Crippen LogP contribution in [0.25, 0.3) is 0 Å². The molecular weight excluding hydrogens is 320 g/mol. The number of aliphatic imine (C=N–C) groups is 1. The van der Waals surface area contributed by atoms with E-state index in [1.807, 2.05) is 0 Å². The summed E-state index contributed by atoms with van der Waals surface area (Å²) in [7, 11) is 1.76. The molecule has 2 aliphatic heterocycles. The molecule has 2 fully saturated rings. The second-order valence-corrected chi connectivity index (χ2v) is 7.18. The topological polar surface area (TPSA) is 78.4 Å². The summed E-state index contributed by atoms with van der Waals surface area (Å²) < 4.78 is 10.8. The fraction of sp³-hybridized carbons (Fsp3) is 0.944. The van der Waals surface area contributed by atoms with Gasteiger partial charge in [-0.25, -0.2) is 0 Å². The van der Waals surface area contributed by atoms with Gasteiger partial charge in [0.25, 0.3) is 0 Å². The molecule has 0 aromatic rings. The Balaban J connectivity index is 1.86. The third-order valence-electron chi connectivity index (χ3n) is 5.33. The number of aliphatic hydroxyl groups excluding tert-OH is 1. The van der Waals surface area contributed by atoms with Crippen LogP contribution < -0.4 is 10.6 Å². The summed E-state index contributed by atoms with van der Waals surface area (Å²) in [6, 6.07) is 0.542. The molecule has 7 heteroatoms. The van der Waals surface area contributed by atoms with Crippen LogP contribution in [0.2, 0.25) is 0 Å². The summed E-state index contributed by atoms with van der Waals surface area (Å²) in [5.74, 6) is 0.866. The lowest BCUT2D eigenvalue weighted by atomic mass is 9.84. The zero-order chi connectivity index (χ0) is 18.0. The molecule has 2 aliphatic rings. The Bertz CT molecular complexity index is 400. The maximum Gasteiger partial charge on any atom is 0.191 e. The first-order valence-corrected chi connectivity index (χ1v) is 9.67. The Labute approximate surface area is 152 Å². The third kappa shape index (κ3) is 6.40. The molecule has 0 bridgehead atoms. The molecular formula is C18H36N4O3. The van der Waals surface area contributed by atoms with Crippen LogP contribution in [0.3, 0.4) is 0 Å². The van der Waals surface area contributed by atoms with Gasteiger partial charge in [-0.3, -0.25) is 9.89 Å². The number of methoxy groups -OCH3 is 1. The number of hydrogen-bond acceptors (Lipinski definition) is 5. The van der Waals surface area contributed by atoms with Crippen LogP contribution in [0.5, 0.6) is 0 Å². The van der Waals surface area contributed by atoms with Gasteiger partial charge in [0.15, 0.2) is 5.96 Å². The van der Waals surface area contributed by atoms with Crippen LogP contribution in [0.4, 0.5) is 0 Å². The van der Waals surface area contributed by atoms with Crippen molar-refractivity contribution < 1.29 is 14.6 Å². The maximum atomic E-state index is 9.36. The average molecular weight is 357 g/mol. The number of aliphatic hydroxyl groups is 1. The van der Waals surface area contributed by atoms with E-state index in [2.05, 4.69) is 22.5 Å². The SMILES string of the molecule is CCNC(=NCC1(CCO)CCOC1)NCC1CCCN1CCOC. The minimum atomic E-state index is -0.00500. The van der Waals surface area contributed by atoms with Crippen LogP contribution in [-0.4, -0.2) is 88.3 Å². The number of guanidine groups is 1. The number of nitrogens with one attached hydrogen (secondary N) is 2. The maximum absolute atomic E-state index is 9.36. The summed E-state index contributed by atoms with van der Waals surface area (Å²) in [5, 5.41) is 16.2. The van der Waals surface area contributed by atoms with Crippen molar-refractivity contribution in [3.63, 3.8) is 0 Å². The van der Waals surface area contributed by atoms with Gasteiger partial charge in [0.2, 0.25) is 0 Å². The van der Waals surface area contributed by atoms with Gasteiger partial charge in [-0.2, -0.15) is 0 Å². The molecule has 2 rings (SSSR count). The largest absolute Gasteiger partial charge is 0.396 e. The molecule has 2 saturated heterocycles. The van der Waals surface area contributed by atoms with Gasteiger partial charge in [-0.15, -0.1) is 0 Å². The third-order valence-corrected chi connectivity index (χ3v) is 5.33. The average Bonchev–Trinajstić information content (AvgIpc) is 3.25. The fourth-order valence-corrected chi connectivity index (χ4v) is 3.72. The van der Waals surface area contributed by atoms with Gasteiger partial charge >= 0.3 is 0 Å². The van der Waals surface area contributed by atoms with Gasteiger partial charge in [-0.05, 0) is 39.2 Å². The molecule has 2 unspecified atom stereocenters. The molecule has 0 spiro atoms. The summed E-state index contributed by atoms with van der Waals surface area (Å²) in [6.45, 7) is 9.12. The fourth-order valence-electron chi connectivity index (χ4n) is 3.72. The predicted molar refractivity (Wildman–Crippen MR) is 100 cm³/mol. The van der Waals surface area contributed by atoms with Crippen molar-refractivity contribution in [2.24, 2.45) is 10.4 Å². The summed E-state index contributed by atoms with van der Waals surface area (Å²) in [4.78, 5) is 7.29. The lowest BCUT2D eigenvalue weighted by Crippen LogP contribution is -2.46. The van der Waals surface area contributed by atoms with E-state index in [0.717, 1.165) is 58.2 Å². The van der Waals surface area contributed by atoms with Crippen LogP contribution in [-0.2, 0) is 9.47 Å². The van der Waals surface area contributed by atoms with Gasteiger partial charge in [0.05, 0.1) is 19.8 Å². The molecule has 25 heavy (non-hydrogen) atoms. The normalized spacial score (nSPS) is 27.8. The minimum absolute atomic E-state index is 0.00500. The first-order valence-electron chi connectivity index (χ1n) is 9.67. The van der Waals surface area contributed by atoms with Crippen LogP contribution >= 0.6 is 0 Å². The number of rotatable bonds is 10. The Kier molecular flexibility index (Phi) is 8.95. The van der Waals surface area contributed by atoms with Crippen molar-refractivity contribution in [3.05, 3.63) is 0 Å². The van der Waals surface area contributed by atoms with E-state index in [1.54, 1.807) is 7.11 Å². The summed E-state index contributed by atoms with van der Waals surface area (Å²) in [5.41, 5.74) is -0.00500. The van der Waals surface area contributed by atoms with Gasteiger partial charge in [0.1, 0.15) is 0 Å². The standard InChI is InChI=1S/C18H36N4O3/c1-3-19-17(21-14-18(6-10-23)7-11-25-15-18)20-13-16-5-4-8-22(16)9-12-24-2/h16,23H,3-15H2,1-2H3,(H2,19,20,21). The van der Waals surface area contributed by atoms with Gasteiger partial charge < -0.3 is 25.2 Å². The van der Waals surface area contributed by atoms with E-state index in [1.165, 1.54) is 12.8 Å². The van der Waals surface area contributed by atoms with Crippen molar-refractivity contribution in [2.45, 2.75) is 38.6 Å². The van der Waals surface area contributed by atoms with Gasteiger partial charge in [-0.1, -0.05) is 0 Å². The Morgan fingerprint density at radius 1 is 1.44 bits per heavy atom. The van der Waals surface area contributed by atoms with Crippen molar-refractivity contribution in [2.75, 3.05) is 66.3 Å². The first kappa shape index (κ1) is 20.4. The zero-order valence-electron chi connectivity index (χ0n) is 15.9. The monoisotopic (exact) mass is 356 g/mol. The molecule has 0 aromatic carbocycles. The molecule has 2 atom stereocenters. The van der Waals surface area contributed by atoms with E-state index in [4.69, 9.17) is 14.5 Å². The Hall–Kier alpha value is -0.890. The molecule has 0 radical (unpaired) electrons. The lowest BCUT2D eigenvalue weighted by Gasteiger charge is -2.27. The highest BCUT2D eigenvalue weighted by Crippen LogP contribution is 2.32. The van der Waals surface area contributed by atoms with Crippen molar-refractivity contribution in [1.29, 1.82) is 0 Å². The summed E-state index contributed by atoms with van der Waals surface area (Å²) in [6.07, 6.45) is 4.20. The lowest BCUT2D eigenvalue weighted by molar-refractivity contribution is 0.131. The van der Waals surface area contributed by atoms with Crippen molar-refractivity contribution in [1.82, 2.24) is 15.5 Å². The predicted octanol–water partition coefficient (Wildman–Crippen LogP) is 0.441. The smallest absolute Gasteiger partial charge is 0.191 e. The second kappa shape index (κ2) is 11.0. The second-order valence-electron chi connectivity index (χ2n) is 7.18. The first-order chi connectivity index (χ1) is 12.2. The molecule has 0 amide bonds. The summed E-state index contributed by atoms with van der Waals surface area (Å²) >= 11 is 0. The molecule has 146 valence electrons. The molecule has 3 N–H and O–H groups in total. The molecule has 0 aromatic heterocycles. The van der Waals surface area contributed by atoms with E-state index in [-0.39, 0.29) is 12.0 Å². The van der Waals surface area contributed by atoms with Crippen LogP contribution in [0, 0.1) is 5.41 Å². The number of likely N-dealkylation sites (tertiary alicyclic amines) is 1. The Morgan fingerprint density at radius 2 is 2.32 bits per heavy atom. The van der Waals surface area contributed by atoms with E-state index in [0.29, 0.717) is 19.2 Å². The molecule has 2 heterocycles. The highest BCUT2D eigenvalue weighted by atomic mass is 16.5. The van der Waals surface area contributed by atoms with E-state index in [9.17, 15) is 5.11 Å². The number of hydrogen-bond donors (Lipinski definition) is 3. The zero-order valence-corrected chi connectivity index (χ0v) is 15.9. The van der Waals surface area contributed by atoms with Gasteiger partial charge in [0, 0.05) is 51.4 Å². The molecule has 0 saturated carbocycles. The van der Waals surface area contributed by atoms with E-state index < -0.39 is 0 Å². The quantitative estimate of drug-likeness (QED) is 0.389. The molecule has 7 nitrogen and oxygen atoms in total. The minimum Gasteiger partial charge on any atom is -0.396 e. The molecule has 0 aliphatic carbocycles. The van der Waals surface area contributed by atoms with Crippen LogP contribution in [0.15, 0.2) is 4.99 Å². The highest BCUT2D eigenvalue weighted by Gasteiger charge is 2.34. The van der Waals surface area contributed by atoms with E-state index >= 15 is 0 Å². The number of nitrogens with zero attached hydrogens (tertiary/aromatic N) is 2. The number of ether oxygens (including phenoxy) is 2. The Morgan fingerprint density at radius 3 is 3.00 bits per heavy atom. The van der Waals surface area contributed by atoms with Crippen molar-refractivity contribution >= 4 is 5.96 Å². The highest BCUT2D eigenvalue weighted by molar-refractivity contribution is 5.79. The van der Waals surface area contributed by atoms with Crippen molar-refractivity contribution in [3.8, 4) is 0 Å².